The number of carbonyl (C=O) groups excluding carboxylic acids is 1. The van der Waals surface area contributed by atoms with Crippen LogP contribution in [0.5, 0.6) is 5.75 Å². The molecule has 2 aromatic rings. The van der Waals surface area contributed by atoms with Gasteiger partial charge >= 0.3 is 0 Å². The van der Waals surface area contributed by atoms with E-state index in [1.54, 1.807) is 6.07 Å². The molecule has 2 aliphatic rings. The first-order valence-corrected chi connectivity index (χ1v) is 10.3. The molecule has 1 heterocycles. The SMILES string of the molecule is C=CC1=C(CC)CC2(CC(=O)c3cc(-c4cccc(C#N)c4)ccc3O2)C1.CC. The topological polar surface area (TPSA) is 50.1 Å². The quantitative estimate of drug-likeness (QED) is 0.595. The van der Waals surface area contributed by atoms with E-state index in [1.165, 1.54) is 11.1 Å². The lowest BCUT2D eigenvalue weighted by atomic mass is 9.85. The average molecular weight is 386 g/mol. The van der Waals surface area contributed by atoms with E-state index >= 15 is 0 Å². The Morgan fingerprint density at radius 3 is 2.55 bits per heavy atom. The number of benzene rings is 2. The highest BCUT2D eigenvalue weighted by Gasteiger charge is 2.45. The minimum Gasteiger partial charge on any atom is -0.485 e. The maximum atomic E-state index is 13.0. The van der Waals surface area contributed by atoms with Gasteiger partial charge in [0.2, 0.25) is 0 Å². The monoisotopic (exact) mass is 385 g/mol. The van der Waals surface area contributed by atoms with Gasteiger partial charge in [-0.1, -0.05) is 57.2 Å². The van der Waals surface area contributed by atoms with Crippen molar-refractivity contribution in [3.63, 3.8) is 0 Å². The van der Waals surface area contributed by atoms with Gasteiger partial charge in [0.1, 0.15) is 11.4 Å². The molecule has 0 saturated heterocycles. The van der Waals surface area contributed by atoms with E-state index < -0.39 is 5.60 Å². The second kappa shape index (κ2) is 8.49. The van der Waals surface area contributed by atoms with Crippen molar-refractivity contribution in [1.29, 1.82) is 5.26 Å². The first-order valence-electron chi connectivity index (χ1n) is 10.3. The fourth-order valence-corrected chi connectivity index (χ4v) is 4.24. The highest BCUT2D eigenvalue weighted by Crippen LogP contribution is 2.47. The van der Waals surface area contributed by atoms with Gasteiger partial charge in [0.05, 0.1) is 23.6 Å². The molecule has 1 unspecified atom stereocenters. The van der Waals surface area contributed by atoms with Gasteiger partial charge in [-0.2, -0.15) is 5.26 Å². The van der Waals surface area contributed by atoms with Crippen molar-refractivity contribution in [3.05, 3.63) is 77.4 Å². The number of rotatable bonds is 3. The molecule has 4 rings (SSSR count). The molecule has 3 nitrogen and oxygen atoms in total. The van der Waals surface area contributed by atoms with Crippen LogP contribution in [0, 0.1) is 11.3 Å². The number of fused-ring (bicyclic) bond motifs is 1. The van der Waals surface area contributed by atoms with Crippen LogP contribution in [0.4, 0.5) is 0 Å². The smallest absolute Gasteiger partial charge is 0.170 e. The predicted octanol–water partition coefficient (Wildman–Crippen LogP) is 6.64. The lowest BCUT2D eigenvalue weighted by molar-refractivity contribution is 0.0470. The number of Topliss-reactive ketones (excluding diaryl/α,β-unsaturated/α-hetero) is 1. The average Bonchev–Trinajstić information content (AvgIpc) is 3.11. The second-order valence-electron chi connectivity index (χ2n) is 7.33. The highest BCUT2D eigenvalue weighted by atomic mass is 16.5. The van der Waals surface area contributed by atoms with E-state index in [9.17, 15) is 4.79 Å². The Bertz CT molecular complexity index is 1030. The number of ether oxygens (including phenoxy) is 1. The fraction of sp³-hybridized carbons (Fsp3) is 0.308. The standard InChI is InChI=1S/C24H21NO2.C2H6/c1-3-17-12-24(13-18(17)4-2)14-22(26)21-11-20(8-9-23(21)27-24)19-7-5-6-16(10-19)15-25;1-2/h3,5-11H,1,4,12-14H2,2H3;1-2H3. The zero-order valence-corrected chi connectivity index (χ0v) is 17.4. The first kappa shape index (κ1) is 20.6. The number of allylic oxidation sites excluding steroid dienone is 1. The van der Waals surface area contributed by atoms with E-state index in [4.69, 9.17) is 10.00 Å². The molecule has 0 fully saturated rings. The molecule has 1 atom stereocenters. The Kier molecular flexibility index (Phi) is 6.03. The van der Waals surface area contributed by atoms with Crippen molar-refractivity contribution in [2.24, 2.45) is 0 Å². The maximum absolute atomic E-state index is 13.0. The summed E-state index contributed by atoms with van der Waals surface area (Å²) in [6, 6.07) is 15.3. The van der Waals surface area contributed by atoms with E-state index in [-0.39, 0.29) is 5.78 Å². The number of carbonyl (C=O) groups is 1. The van der Waals surface area contributed by atoms with E-state index in [1.807, 2.05) is 56.3 Å². The van der Waals surface area contributed by atoms with Crippen molar-refractivity contribution < 1.29 is 9.53 Å². The van der Waals surface area contributed by atoms with Crippen molar-refractivity contribution in [3.8, 4) is 22.9 Å². The van der Waals surface area contributed by atoms with Gasteiger partial charge in [0.25, 0.3) is 0 Å². The molecule has 0 aromatic heterocycles. The van der Waals surface area contributed by atoms with Crippen LogP contribution in [0.2, 0.25) is 0 Å². The molecule has 0 saturated carbocycles. The van der Waals surface area contributed by atoms with E-state index in [2.05, 4.69) is 19.6 Å². The van der Waals surface area contributed by atoms with Gasteiger partial charge in [-0.3, -0.25) is 4.79 Å². The molecule has 3 heteroatoms. The van der Waals surface area contributed by atoms with Crippen LogP contribution in [0.3, 0.4) is 0 Å². The number of nitriles is 1. The summed E-state index contributed by atoms with van der Waals surface area (Å²) in [4.78, 5) is 13.0. The number of ketones is 1. The Labute approximate surface area is 173 Å². The fourth-order valence-electron chi connectivity index (χ4n) is 4.24. The highest BCUT2D eigenvalue weighted by molar-refractivity contribution is 6.01. The summed E-state index contributed by atoms with van der Waals surface area (Å²) in [5.74, 6) is 0.780. The van der Waals surface area contributed by atoms with Crippen molar-refractivity contribution in [2.45, 2.75) is 52.1 Å². The summed E-state index contributed by atoms with van der Waals surface area (Å²) >= 11 is 0. The molecule has 148 valence electrons. The van der Waals surface area contributed by atoms with E-state index in [0.717, 1.165) is 30.4 Å². The molecule has 1 aliphatic carbocycles. The van der Waals surface area contributed by atoms with Crippen LogP contribution in [0.15, 0.2) is 66.3 Å². The van der Waals surface area contributed by atoms with Gasteiger partial charge in [-0.25, -0.2) is 0 Å². The predicted molar refractivity (Wildman–Crippen MR) is 117 cm³/mol. The third-order valence-electron chi connectivity index (χ3n) is 5.59. The third-order valence-corrected chi connectivity index (χ3v) is 5.59. The molecule has 1 spiro atoms. The summed E-state index contributed by atoms with van der Waals surface area (Å²) in [6.07, 6.45) is 4.80. The maximum Gasteiger partial charge on any atom is 0.170 e. The Hall–Kier alpha value is -3.12. The minimum absolute atomic E-state index is 0.121. The van der Waals surface area contributed by atoms with Gasteiger partial charge in [-0.15, -0.1) is 0 Å². The summed E-state index contributed by atoms with van der Waals surface area (Å²) in [5.41, 5.74) is 5.18. The van der Waals surface area contributed by atoms with Gasteiger partial charge in [-0.05, 0) is 47.4 Å². The van der Waals surface area contributed by atoms with Crippen LogP contribution in [-0.4, -0.2) is 11.4 Å². The molecular weight excluding hydrogens is 358 g/mol. The normalized spacial score (nSPS) is 19.7. The van der Waals surface area contributed by atoms with Gasteiger partial charge < -0.3 is 4.74 Å². The molecule has 0 radical (unpaired) electrons. The Balaban J connectivity index is 0.00000117. The van der Waals surface area contributed by atoms with Crippen LogP contribution >= 0.6 is 0 Å². The zero-order valence-electron chi connectivity index (χ0n) is 17.4. The summed E-state index contributed by atoms with van der Waals surface area (Å²) in [7, 11) is 0. The Morgan fingerprint density at radius 2 is 1.90 bits per heavy atom. The lowest BCUT2D eigenvalue weighted by Gasteiger charge is -2.35. The summed E-state index contributed by atoms with van der Waals surface area (Å²) < 4.78 is 6.39. The van der Waals surface area contributed by atoms with Crippen molar-refractivity contribution in [1.82, 2.24) is 0 Å². The lowest BCUT2D eigenvalue weighted by Crippen LogP contribution is -2.40. The number of hydrogen-bond donors (Lipinski definition) is 0. The minimum atomic E-state index is -0.457. The van der Waals surface area contributed by atoms with Crippen molar-refractivity contribution in [2.75, 3.05) is 0 Å². The largest absolute Gasteiger partial charge is 0.485 e. The second-order valence-corrected chi connectivity index (χ2v) is 7.33. The molecule has 0 amide bonds. The Morgan fingerprint density at radius 1 is 1.14 bits per heavy atom. The molecule has 2 aromatic carbocycles. The molecule has 29 heavy (non-hydrogen) atoms. The van der Waals surface area contributed by atoms with E-state index in [0.29, 0.717) is 23.3 Å². The summed E-state index contributed by atoms with van der Waals surface area (Å²) in [5, 5.41) is 9.11. The van der Waals surface area contributed by atoms with Gasteiger partial charge in [0, 0.05) is 12.8 Å². The summed E-state index contributed by atoms with van der Waals surface area (Å²) in [6.45, 7) is 10.1. The molecule has 0 N–H and O–H groups in total. The molecule has 1 aliphatic heterocycles. The van der Waals surface area contributed by atoms with Crippen molar-refractivity contribution >= 4 is 5.78 Å². The molecular formula is C26H27NO2. The van der Waals surface area contributed by atoms with Crippen LogP contribution in [-0.2, 0) is 0 Å². The van der Waals surface area contributed by atoms with Crippen LogP contribution < -0.4 is 4.74 Å². The third kappa shape index (κ3) is 3.89. The van der Waals surface area contributed by atoms with Crippen LogP contribution in [0.25, 0.3) is 11.1 Å². The first-order chi connectivity index (χ1) is 14.1. The zero-order chi connectivity index (χ0) is 21.0. The van der Waals surface area contributed by atoms with Gasteiger partial charge in [0.15, 0.2) is 5.78 Å². The molecule has 0 bridgehead atoms. The number of nitrogens with zero attached hydrogens (tertiary/aromatic N) is 1. The number of hydrogen-bond acceptors (Lipinski definition) is 3. The van der Waals surface area contributed by atoms with Crippen LogP contribution in [0.1, 0.15) is 62.4 Å².